The molecule has 0 spiro atoms. The number of carbonyl (C=O) groups is 1. The first kappa shape index (κ1) is 18.3. The molecular weight excluding hydrogens is 314 g/mol. The molecule has 1 unspecified atom stereocenters. The maximum Gasteiger partial charge on any atom is 0.303 e. The van der Waals surface area contributed by atoms with Gasteiger partial charge in [0.25, 0.3) is 0 Å². The molecule has 1 aromatic rings. The highest BCUT2D eigenvalue weighted by Gasteiger charge is 2.18. The van der Waals surface area contributed by atoms with Gasteiger partial charge in [0.2, 0.25) is 0 Å². The second-order valence-electron chi connectivity index (χ2n) is 5.89. The fourth-order valence-electron chi connectivity index (χ4n) is 2.76. The summed E-state index contributed by atoms with van der Waals surface area (Å²) in [6.45, 7) is 10.6. The fraction of sp³-hybridized carbons (Fsp3) is 0.750. The molecular formula is C16H27N3O3S. The van der Waals surface area contributed by atoms with Gasteiger partial charge in [-0.3, -0.25) is 9.69 Å². The molecule has 0 bridgehead atoms. The topological polar surface area (TPSA) is 65.9 Å². The smallest absolute Gasteiger partial charge is 0.303 e. The van der Waals surface area contributed by atoms with Crippen molar-refractivity contribution in [2.24, 2.45) is 0 Å². The third kappa shape index (κ3) is 6.18. The average molecular weight is 341 g/mol. The largest absolute Gasteiger partial charge is 0.481 e. The summed E-state index contributed by atoms with van der Waals surface area (Å²) in [5.41, 5.74) is 1.12. The number of carboxylic acid groups (broad SMARTS) is 1. The molecule has 1 N–H and O–H groups in total. The first-order valence-electron chi connectivity index (χ1n) is 8.31. The number of ether oxygens (including phenoxy) is 1. The van der Waals surface area contributed by atoms with Gasteiger partial charge < -0.3 is 14.7 Å². The number of nitrogens with zero attached hydrogens (tertiary/aromatic N) is 3. The third-order valence-electron chi connectivity index (χ3n) is 4.05. The van der Waals surface area contributed by atoms with Crippen LogP contribution in [-0.2, 0) is 16.1 Å². The Morgan fingerprint density at radius 3 is 2.74 bits per heavy atom. The Balaban J connectivity index is 1.71. The van der Waals surface area contributed by atoms with E-state index in [0.29, 0.717) is 6.61 Å². The van der Waals surface area contributed by atoms with E-state index in [2.05, 4.69) is 20.2 Å². The third-order valence-corrected chi connectivity index (χ3v) is 5.10. The summed E-state index contributed by atoms with van der Waals surface area (Å²) in [6.07, 6.45) is 1.07. The summed E-state index contributed by atoms with van der Waals surface area (Å²) in [6, 6.07) is 0. The SMILES string of the molecule is CCOC(C)c1nc(CN2CCN(CCCC(=O)O)CC2)cs1. The average Bonchev–Trinajstić information content (AvgIpc) is 2.97. The molecule has 7 heteroatoms. The van der Waals surface area contributed by atoms with Gasteiger partial charge in [0.15, 0.2) is 0 Å². The normalized spacial score (nSPS) is 18.2. The molecule has 0 radical (unpaired) electrons. The molecule has 0 aromatic carbocycles. The molecule has 130 valence electrons. The standard InChI is InChI=1S/C16H27N3O3S/c1-3-22-13(2)16-17-14(12-23-16)11-19-9-7-18(8-10-19)6-4-5-15(20)21/h12-13H,3-11H2,1-2H3,(H,20,21). The van der Waals surface area contributed by atoms with Crippen LogP contribution in [0.25, 0.3) is 0 Å². The second-order valence-corrected chi connectivity index (χ2v) is 6.78. The number of aromatic nitrogens is 1. The molecule has 2 heterocycles. The summed E-state index contributed by atoms with van der Waals surface area (Å²) in [7, 11) is 0. The lowest BCUT2D eigenvalue weighted by molar-refractivity contribution is -0.137. The minimum Gasteiger partial charge on any atom is -0.481 e. The minimum atomic E-state index is -0.704. The number of hydrogen-bond donors (Lipinski definition) is 1. The van der Waals surface area contributed by atoms with E-state index in [1.807, 2.05) is 13.8 Å². The van der Waals surface area contributed by atoms with Crippen molar-refractivity contribution in [2.45, 2.75) is 39.3 Å². The fourth-order valence-corrected chi connectivity index (χ4v) is 3.57. The van der Waals surface area contributed by atoms with Crippen molar-refractivity contribution in [2.75, 3.05) is 39.3 Å². The second kappa shape index (κ2) is 9.32. The number of rotatable bonds is 9. The van der Waals surface area contributed by atoms with Gasteiger partial charge in [0.05, 0.1) is 5.69 Å². The van der Waals surface area contributed by atoms with Crippen LogP contribution in [0.1, 0.15) is 43.5 Å². The Morgan fingerprint density at radius 2 is 2.09 bits per heavy atom. The lowest BCUT2D eigenvalue weighted by Gasteiger charge is -2.34. The molecule has 23 heavy (non-hydrogen) atoms. The Labute approximate surface area is 142 Å². The van der Waals surface area contributed by atoms with E-state index in [0.717, 1.165) is 56.4 Å². The molecule has 0 amide bonds. The van der Waals surface area contributed by atoms with Gasteiger partial charge >= 0.3 is 5.97 Å². The van der Waals surface area contributed by atoms with E-state index < -0.39 is 5.97 Å². The van der Waals surface area contributed by atoms with Gasteiger partial charge in [-0.15, -0.1) is 11.3 Å². The molecule has 0 saturated carbocycles. The minimum absolute atomic E-state index is 0.0739. The molecule has 1 aliphatic rings. The van der Waals surface area contributed by atoms with E-state index in [1.165, 1.54) is 0 Å². The summed E-state index contributed by atoms with van der Waals surface area (Å²) in [5, 5.41) is 11.9. The monoisotopic (exact) mass is 341 g/mol. The molecule has 6 nitrogen and oxygen atoms in total. The first-order chi connectivity index (χ1) is 11.1. The van der Waals surface area contributed by atoms with Crippen LogP contribution < -0.4 is 0 Å². The number of hydrogen-bond acceptors (Lipinski definition) is 6. The van der Waals surface area contributed by atoms with Gasteiger partial charge in [-0.2, -0.15) is 0 Å². The number of thiazole rings is 1. The number of aliphatic carboxylic acids is 1. The highest BCUT2D eigenvalue weighted by atomic mass is 32.1. The Morgan fingerprint density at radius 1 is 1.39 bits per heavy atom. The van der Waals surface area contributed by atoms with Gasteiger partial charge in [0.1, 0.15) is 11.1 Å². The van der Waals surface area contributed by atoms with Crippen molar-refractivity contribution in [3.63, 3.8) is 0 Å². The number of carboxylic acids is 1. The van der Waals surface area contributed by atoms with Crippen LogP contribution in [0.2, 0.25) is 0 Å². The van der Waals surface area contributed by atoms with Gasteiger partial charge in [-0.25, -0.2) is 4.98 Å². The lowest BCUT2D eigenvalue weighted by atomic mass is 10.2. The molecule has 1 fully saturated rings. The van der Waals surface area contributed by atoms with Crippen LogP contribution >= 0.6 is 11.3 Å². The predicted octanol–water partition coefficient (Wildman–Crippen LogP) is 2.22. The number of piperazine rings is 1. The van der Waals surface area contributed by atoms with E-state index >= 15 is 0 Å². The molecule has 0 aliphatic carbocycles. The van der Waals surface area contributed by atoms with Crippen molar-refractivity contribution in [1.82, 2.24) is 14.8 Å². The summed E-state index contributed by atoms with van der Waals surface area (Å²) < 4.78 is 5.59. The molecule has 1 aliphatic heterocycles. The summed E-state index contributed by atoms with van der Waals surface area (Å²) in [5.74, 6) is -0.704. The maximum absolute atomic E-state index is 10.5. The molecule has 1 aromatic heterocycles. The highest BCUT2D eigenvalue weighted by Crippen LogP contribution is 2.22. The van der Waals surface area contributed by atoms with E-state index in [1.54, 1.807) is 11.3 Å². The first-order valence-corrected chi connectivity index (χ1v) is 9.19. The van der Waals surface area contributed by atoms with Crippen molar-refractivity contribution in [1.29, 1.82) is 0 Å². The Bertz CT molecular complexity index is 487. The van der Waals surface area contributed by atoms with Crippen LogP contribution in [0.15, 0.2) is 5.38 Å². The zero-order chi connectivity index (χ0) is 16.7. The van der Waals surface area contributed by atoms with Gasteiger partial charge in [0, 0.05) is 51.1 Å². The molecule has 1 atom stereocenters. The van der Waals surface area contributed by atoms with Crippen LogP contribution in [0, 0.1) is 0 Å². The molecule has 1 saturated heterocycles. The zero-order valence-electron chi connectivity index (χ0n) is 14.0. The van der Waals surface area contributed by atoms with Crippen molar-refractivity contribution in [3.8, 4) is 0 Å². The van der Waals surface area contributed by atoms with E-state index in [4.69, 9.17) is 9.84 Å². The van der Waals surface area contributed by atoms with Crippen LogP contribution in [0.5, 0.6) is 0 Å². The van der Waals surface area contributed by atoms with Gasteiger partial charge in [-0.1, -0.05) is 0 Å². The maximum atomic E-state index is 10.5. The summed E-state index contributed by atoms with van der Waals surface area (Å²) in [4.78, 5) is 20.0. The Hall–Kier alpha value is -1.02. The van der Waals surface area contributed by atoms with Crippen LogP contribution in [0.3, 0.4) is 0 Å². The van der Waals surface area contributed by atoms with Crippen molar-refractivity contribution >= 4 is 17.3 Å². The van der Waals surface area contributed by atoms with Crippen LogP contribution in [0.4, 0.5) is 0 Å². The predicted molar refractivity (Wildman–Crippen MR) is 90.7 cm³/mol. The van der Waals surface area contributed by atoms with Crippen LogP contribution in [-0.4, -0.2) is 65.2 Å². The Kier molecular flexibility index (Phi) is 7.42. The van der Waals surface area contributed by atoms with E-state index in [-0.39, 0.29) is 12.5 Å². The van der Waals surface area contributed by atoms with Crippen molar-refractivity contribution in [3.05, 3.63) is 16.1 Å². The van der Waals surface area contributed by atoms with Crippen molar-refractivity contribution < 1.29 is 14.6 Å². The highest BCUT2D eigenvalue weighted by molar-refractivity contribution is 7.09. The van der Waals surface area contributed by atoms with Gasteiger partial charge in [-0.05, 0) is 26.8 Å². The van der Waals surface area contributed by atoms with E-state index in [9.17, 15) is 4.79 Å². The quantitative estimate of drug-likeness (QED) is 0.743. The summed E-state index contributed by atoms with van der Waals surface area (Å²) >= 11 is 1.67. The molecule has 2 rings (SSSR count). The zero-order valence-corrected chi connectivity index (χ0v) is 14.8. The lowest BCUT2D eigenvalue weighted by Crippen LogP contribution is -2.46.